The Kier molecular flexibility index (Phi) is 6.59. The van der Waals surface area contributed by atoms with Crippen molar-refractivity contribution in [1.29, 1.82) is 0 Å². The predicted octanol–water partition coefficient (Wildman–Crippen LogP) is 5.33. The van der Waals surface area contributed by atoms with Crippen molar-refractivity contribution in [2.75, 3.05) is 11.9 Å². The van der Waals surface area contributed by atoms with Crippen LogP contribution in [0.25, 0.3) is 17.0 Å². The first-order chi connectivity index (χ1) is 16.0. The summed E-state index contributed by atoms with van der Waals surface area (Å²) in [4.78, 5) is 24.1. The average molecular weight is 440 g/mol. The number of hydrogen-bond donors (Lipinski definition) is 2. The molecule has 4 aromatic rings. The normalized spacial score (nSPS) is 11.0. The monoisotopic (exact) mass is 439 g/mol. The molecule has 2 aromatic carbocycles. The Balaban J connectivity index is 1.54. The lowest BCUT2D eigenvalue weighted by Gasteiger charge is -2.12. The summed E-state index contributed by atoms with van der Waals surface area (Å²) >= 11 is 0. The van der Waals surface area contributed by atoms with Crippen molar-refractivity contribution in [3.05, 3.63) is 84.0 Å². The summed E-state index contributed by atoms with van der Waals surface area (Å²) < 4.78 is 5.97. The first-order valence-corrected chi connectivity index (χ1v) is 10.6. The second-order valence-corrected chi connectivity index (χ2v) is 7.68. The van der Waals surface area contributed by atoms with Crippen LogP contribution in [-0.4, -0.2) is 27.4 Å². The van der Waals surface area contributed by atoms with E-state index < -0.39 is 0 Å². The van der Waals surface area contributed by atoms with Gasteiger partial charge in [-0.15, -0.1) is 0 Å². The summed E-state index contributed by atoms with van der Waals surface area (Å²) in [6.07, 6.45) is 7.13. The van der Waals surface area contributed by atoms with Crippen molar-refractivity contribution in [3.63, 3.8) is 0 Å². The molecular formula is C26H25N5O2. The zero-order chi connectivity index (χ0) is 23.2. The third-order valence-electron chi connectivity index (χ3n) is 4.99. The Bertz CT molecular complexity index is 1320. The van der Waals surface area contributed by atoms with E-state index in [-0.39, 0.29) is 5.91 Å². The maximum Gasteiger partial charge on any atom is 0.217 e. The van der Waals surface area contributed by atoms with E-state index in [1.54, 1.807) is 12.5 Å². The van der Waals surface area contributed by atoms with Gasteiger partial charge >= 0.3 is 0 Å². The summed E-state index contributed by atoms with van der Waals surface area (Å²) in [5, 5.41) is 7.05. The lowest BCUT2D eigenvalue weighted by atomic mass is 10.1. The highest BCUT2D eigenvalue weighted by Gasteiger charge is 2.08. The number of ether oxygens (including phenoxy) is 1. The number of fused-ring (bicyclic) bond motifs is 1. The minimum atomic E-state index is -0.0553. The molecule has 0 aliphatic rings. The number of hydrogen-bond acceptors (Lipinski definition) is 6. The third-order valence-corrected chi connectivity index (χ3v) is 4.99. The van der Waals surface area contributed by atoms with Crippen molar-refractivity contribution in [3.8, 4) is 11.5 Å². The Morgan fingerprint density at radius 2 is 1.91 bits per heavy atom. The van der Waals surface area contributed by atoms with Crippen LogP contribution in [0.15, 0.2) is 67.1 Å². The number of aromatic nitrogens is 3. The fourth-order valence-electron chi connectivity index (χ4n) is 3.30. The molecular weight excluding hydrogens is 414 g/mol. The minimum absolute atomic E-state index is 0.0553. The maximum atomic E-state index is 11.0. The molecule has 0 spiro atoms. The van der Waals surface area contributed by atoms with Gasteiger partial charge in [-0.25, -0.2) is 9.97 Å². The van der Waals surface area contributed by atoms with Gasteiger partial charge in [0.2, 0.25) is 5.91 Å². The highest BCUT2D eigenvalue weighted by atomic mass is 16.5. The van der Waals surface area contributed by atoms with Gasteiger partial charge in [0.1, 0.15) is 23.6 Å². The van der Waals surface area contributed by atoms with Gasteiger partial charge in [-0.2, -0.15) is 0 Å². The molecule has 7 heteroatoms. The molecule has 2 N–H and O–H groups in total. The molecule has 0 bridgehead atoms. The molecule has 0 saturated carbocycles. The smallest absolute Gasteiger partial charge is 0.217 e. The van der Waals surface area contributed by atoms with E-state index in [4.69, 9.17) is 4.74 Å². The van der Waals surface area contributed by atoms with Crippen LogP contribution in [0.3, 0.4) is 0 Å². The predicted molar refractivity (Wildman–Crippen MR) is 131 cm³/mol. The van der Waals surface area contributed by atoms with Crippen molar-refractivity contribution < 1.29 is 9.53 Å². The molecule has 1 amide bonds. The van der Waals surface area contributed by atoms with Crippen LogP contribution in [0.2, 0.25) is 0 Å². The van der Waals surface area contributed by atoms with Gasteiger partial charge in [0.05, 0.1) is 11.7 Å². The summed E-state index contributed by atoms with van der Waals surface area (Å²) in [5.74, 6) is 2.13. The lowest BCUT2D eigenvalue weighted by Crippen LogP contribution is -2.19. The van der Waals surface area contributed by atoms with Crippen LogP contribution in [-0.2, 0) is 4.79 Å². The Morgan fingerprint density at radius 1 is 1.03 bits per heavy atom. The summed E-state index contributed by atoms with van der Waals surface area (Å²) in [6, 6.07) is 15.7. The number of carbonyl (C=O) groups is 1. The molecule has 0 atom stereocenters. The molecule has 0 saturated heterocycles. The van der Waals surface area contributed by atoms with Gasteiger partial charge in [0.15, 0.2) is 0 Å². The highest BCUT2D eigenvalue weighted by Crippen LogP contribution is 2.30. The number of pyridine rings is 1. The van der Waals surface area contributed by atoms with Gasteiger partial charge in [-0.05, 0) is 67.4 Å². The fourth-order valence-corrected chi connectivity index (χ4v) is 3.30. The van der Waals surface area contributed by atoms with E-state index in [2.05, 4.69) is 25.6 Å². The largest absolute Gasteiger partial charge is 0.455 e. The minimum Gasteiger partial charge on any atom is -0.455 e. The second kappa shape index (κ2) is 9.91. The van der Waals surface area contributed by atoms with E-state index in [1.165, 1.54) is 6.92 Å². The summed E-state index contributed by atoms with van der Waals surface area (Å²) in [7, 11) is 0. The fraction of sp³-hybridized carbons (Fsp3) is 0.154. The SMILES string of the molecule is CC(=O)NC/C=C/c1ccc2ncnc(Nc3ccc(Oc4ccc(C)nc4)c(C)c3)c2c1. The quantitative estimate of drug-likeness (QED) is 0.405. The number of nitrogens with zero attached hydrogens (tertiary/aromatic N) is 3. The van der Waals surface area contributed by atoms with E-state index in [1.807, 2.05) is 74.5 Å². The zero-order valence-electron chi connectivity index (χ0n) is 18.8. The molecule has 166 valence electrons. The van der Waals surface area contributed by atoms with Crippen LogP contribution < -0.4 is 15.4 Å². The summed E-state index contributed by atoms with van der Waals surface area (Å²) in [6.45, 7) is 5.92. The number of aryl methyl sites for hydroxylation is 2. The van der Waals surface area contributed by atoms with Gasteiger partial charge in [0.25, 0.3) is 0 Å². The molecule has 0 radical (unpaired) electrons. The van der Waals surface area contributed by atoms with Crippen molar-refractivity contribution in [1.82, 2.24) is 20.3 Å². The molecule has 2 aromatic heterocycles. The Hall–Kier alpha value is -4.26. The van der Waals surface area contributed by atoms with Crippen molar-refractivity contribution in [2.45, 2.75) is 20.8 Å². The number of benzene rings is 2. The molecule has 4 rings (SSSR count). The van der Waals surface area contributed by atoms with Crippen LogP contribution in [0.4, 0.5) is 11.5 Å². The van der Waals surface area contributed by atoms with Crippen LogP contribution >= 0.6 is 0 Å². The maximum absolute atomic E-state index is 11.0. The zero-order valence-corrected chi connectivity index (χ0v) is 18.8. The van der Waals surface area contributed by atoms with E-state index in [9.17, 15) is 4.79 Å². The molecule has 0 aliphatic heterocycles. The van der Waals surface area contributed by atoms with Crippen LogP contribution in [0.5, 0.6) is 11.5 Å². The third kappa shape index (κ3) is 5.71. The number of carbonyl (C=O) groups excluding carboxylic acids is 1. The number of nitrogens with one attached hydrogen (secondary N) is 2. The molecule has 2 heterocycles. The molecule has 0 aliphatic carbocycles. The number of amides is 1. The number of rotatable bonds is 7. The molecule has 33 heavy (non-hydrogen) atoms. The topological polar surface area (TPSA) is 89.0 Å². The summed E-state index contributed by atoms with van der Waals surface area (Å²) in [5.41, 5.74) is 4.67. The molecule has 7 nitrogen and oxygen atoms in total. The van der Waals surface area contributed by atoms with E-state index >= 15 is 0 Å². The van der Waals surface area contributed by atoms with Crippen molar-refractivity contribution in [2.24, 2.45) is 0 Å². The molecule has 0 unspecified atom stereocenters. The highest BCUT2D eigenvalue weighted by molar-refractivity contribution is 5.92. The lowest BCUT2D eigenvalue weighted by molar-refractivity contribution is -0.118. The van der Waals surface area contributed by atoms with Crippen molar-refractivity contribution >= 4 is 34.4 Å². The second-order valence-electron chi connectivity index (χ2n) is 7.68. The van der Waals surface area contributed by atoms with Crippen LogP contribution in [0, 0.1) is 13.8 Å². The first kappa shape index (κ1) is 22.0. The Morgan fingerprint density at radius 3 is 2.67 bits per heavy atom. The first-order valence-electron chi connectivity index (χ1n) is 10.6. The Labute approximate surface area is 192 Å². The van der Waals surface area contributed by atoms with E-state index in [0.29, 0.717) is 18.1 Å². The number of anilines is 2. The van der Waals surface area contributed by atoms with Gasteiger partial charge < -0.3 is 15.4 Å². The standard InChI is InChI=1S/C26H25N5O2/c1-17-13-21(8-11-25(17)33-22-9-6-18(2)28-15-22)31-26-23-14-20(5-4-12-27-19(3)32)7-10-24(23)29-16-30-26/h4-11,13-16H,12H2,1-3H3,(H,27,32)(H,29,30,31)/b5-4+. The van der Waals surface area contributed by atoms with Gasteiger partial charge in [-0.1, -0.05) is 18.2 Å². The van der Waals surface area contributed by atoms with Gasteiger partial charge in [0, 0.05) is 30.2 Å². The van der Waals surface area contributed by atoms with Crippen LogP contribution in [0.1, 0.15) is 23.7 Å². The van der Waals surface area contributed by atoms with Gasteiger partial charge in [-0.3, -0.25) is 9.78 Å². The van der Waals surface area contributed by atoms with E-state index in [0.717, 1.165) is 39.2 Å². The average Bonchev–Trinajstić information content (AvgIpc) is 2.80. The molecule has 0 fully saturated rings.